The van der Waals surface area contributed by atoms with E-state index in [0.717, 1.165) is 22.3 Å². The molecular weight excluding hydrogens is 712 g/mol. The van der Waals surface area contributed by atoms with Crippen LogP contribution in [-0.4, -0.2) is 14.5 Å². The van der Waals surface area contributed by atoms with Crippen LogP contribution in [0.25, 0.3) is 107 Å². The van der Waals surface area contributed by atoms with E-state index in [0.29, 0.717) is 0 Å². The maximum atomic E-state index is 5.72. The zero-order valence-electron chi connectivity index (χ0n) is 29.2. The average molecular weight is 744 g/mol. The molecule has 3 heterocycles. The van der Waals surface area contributed by atoms with Gasteiger partial charge in [0.1, 0.15) is 0 Å². The molecule has 0 saturated heterocycles. The van der Waals surface area contributed by atoms with Crippen LogP contribution in [0.15, 0.2) is 167 Å². The fraction of sp³-hybridized carbons (Fsp3) is 0.0400. The van der Waals surface area contributed by atoms with Crippen molar-refractivity contribution in [1.29, 1.82) is 0 Å². The Labute approximate surface area is 312 Å². The van der Waals surface area contributed by atoms with Gasteiger partial charge < -0.3 is 0 Å². The number of hydrogen-bond donors (Lipinski definition) is 0. The fourth-order valence-electron chi connectivity index (χ4n) is 8.82. The summed E-state index contributed by atoms with van der Waals surface area (Å²) in [5.74, 6) is 0. The van der Waals surface area contributed by atoms with E-state index in [4.69, 9.17) is 8.83 Å². The first-order valence-corrected chi connectivity index (χ1v) is 19.8. The zero-order chi connectivity index (χ0) is 35.2. The van der Waals surface area contributed by atoms with Gasteiger partial charge in [-0.3, -0.25) is 0 Å². The molecule has 0 atom stereocenters. The second-order valence-corrected chi connectivity index (χ2v) is 16.3. The molecule has 0 amide bonds. The van der Waals surface area contributed by atoms with Gasteiger partial charge in [-0.15, -0.1) is 0 Å². The average Bonchev–Trinajstić information content (AvgIpc) is 3.93. The Morgan fingerprint density at radius 2 is 0.774 bits per heavy atom. The molecule has 0 saturated carbocycles. The minimum absolute atomic E-state index is 0.147. The first-order valence-electron chi connectivity index (χ1n) is 18.0. The summed E-state index contributed by atoms with van der Waals surface area (Å²) in [6, 6.07) is 49.7. The molecule has 0 radical (unpaired) electrons. The van der Waals surface area contributed by atoms with Gasteiger partial charge in [-0.2, -0.15) is 0 Å². The topological polar surface area (TPSA) is 26.3 Å². The molecule has 250 valence electrons. The van der Waals surface area contributed by atoms with E-state index >= 15 is 0 Å². The first kappa shape index (κ1) is 30.5. The Balaban J connectivity index is 1.19. The second kappa shape index (κ2) is 11.7. The van der Waals surface area contributed by atoms with E-state index in [9.17, 15) is 0 Å². The molecular formula is C50H32O2Se. The van der Waals surface area contributed by atoms with Gasteiger partial charge in [0.05, 0.1) is 0 Å². The molecule has 11 aromatic rings. The summed E-state index contributed by atoms with van der Waals surface area (Å²) in [6.07, 6.45) is 7.50. The van der Waals surface area contributed by atoms with Gasteiger partial charge in [-0.25, -0.2) is 0 Å². The molecule has 0 aliphatic carbocycles. The molecule has 0 bridgehead atoms. The third kappa shape index (κ3) is 4.45. The fourth-order valence-corrected chi connectivity index (χ4v) is 11.3. The van der Waals surface area contributed by atoms with Crippen LogP contribution in [-0.2, 0) is 0 Å². The molecule has 2 nitrogen and oxygen atoms in total. The van der Waals surface area contributed by atoms with Crippen LogP contribution in [0.1, 0.15) is 11.1 Å². The number of furan rings is 2. The van der Waals surface area contributed by atoms with Crippen LogP contribution in [0.3, 0.4) is 0 Å². The van der Waals surface area contributed by atoms with Gasteiger partial charge in [0.15, 0.2) is 0 Å². The van der Waals surface area contributed by atoms with E-state index in [1.807, 2.05) is 25.1 Å². The third-order valence-corrected chi connectivity index (χ3v) is 13.7. The monoisotopic (exact) mass is 744 g/mol. The Hall–Kier alpha value is -6.12. The van der Waals surface area contributed by atoms with Crippen molar-refractivity contribution in [3.05, 3.63) is 170 Å². The van der Waals surface area contributed by atoms with Crippen molar-refractivity contribution in [1.82, 2.24) is 0 Å². The van der Waals surface area contributed by atoms with Gasteiger partial charge >= 0.3 is 314 Å². The van der Waals surface area contributed by atoms with Crippen molar-refractivity contribution in [3.8, 4) is 44.5 Å². The molecule has 0 N–H and O–H groups in total. The summed E-state index contributed by atoms with van der Waals surface area (Å²) in [5, 5.41) is 12.7. The van der Waals surface area contributed by atoms with Crippen molar-refractivity contribution in [2.75, 3.05) is 0 Å². The van der Waals surface area contributed by atoms with E-state index in [2.05, 4.69) is 147 Å². The van der Waals surface area contributed by atoms with Crippen LogP contribution < -0.4 is 0 Å². The Bertz CT molecular complexity index is 3150. The Kier molecular flexibility index (Phi) is 6.73. The summed E-state index contributed by atoms with van der Waals surface area (Å²) >= 11 is 0.147. The normalized spacial score (nSPS) is 12.0. The molecule has 3 aromatic heterocycles. The van der Waals surface area contributed by atoms with Crippen LogP contribution >= 0.6 is 0 Å². The van der Waals surface area contributed by atoms with Gasteiger partial charge in [0, 0.05) is 0 Å². The Morgan fingerprint density at radius 1 is 0.358 bits per heavy atom. The van der Waals surface area contributed by atoms with Crippen molar-refractivity contribution >= 4 is 76.9 Å². The minimum atomic E-state index is 0.147. The number of hydrogen-bond acceptors (Lipinski definition) is 2. The van der Waals surface area contributed by atoms with E-state index in [1.165, 1.54) is 95.8 Å². The molecule has 53 heavy (non-hydrogen) atoms. The molecule has 0 unspecified atom stereocenters. The molecule has 0 aliphatic heterocycles. The molecule has 8 aromatic carbocycles. The van der Waals surface area contributed by atoms with Gasteiger partial charge in [-0.1, -0.05) is 0 Å². The number of benzene rings is 8. The van der Waals surface area contributed by atoms with Crippen LogP contribution in [0, 0.1) is 13.8 Å². The molecule has 0 spiro atoms. The second-order valence-electron chi connectivity index (χ2n) is 14.1. The SMILES string of the molecule is Cc1cocc1-c1c2ccccc2c(-c2ccc3[se]c4c(-c5c6ccccc6c(-c6cocc6C)c6ccccc56)cccc4c3c2)c2ccccc12. The summed E-state index contributed by atoms with van der Waals surface area (Å²) < 4.78 is 14.3. The van der Waals surface area contributed by atoms with Crippen LogP contribution in [0.4, 0.5) is 0 Å². The molecule has 3 heteroatoms. The standard InChI is InChI=1S/C50H32O2Se/c1-29-25-51-27-43(29)48-34-14-5-3-12-32(34)46(33-13-4-6-15-35(33)48)31-22-23-45-42(24-31)40-20-11-21-41(50(40)53-45)47-36-16-7-9-18-38(36)49(44-28-52-26-30(44)2)39-19-10-8-17-37(39)47/h3-28H,1-2H3. The maximum absolute atomic E-state index is 5.72. The van der Waals surface area contributed by atoms with E-state index < -0.39 is 0 Å². The zero-order valence-corrected chi connectivity index (χ0v) is 30.9. The number of fused-ring (bicyclic) bond motifs is 7. The van der Waals surface area contributed by atoms with Crippen molar-refractivity contribution in [2.45, 2.75) is 13.8 Å². The molecule has 0 aliphatic rings. The number of aryl methyl sites for hydroxylation is 2. The summed E-state index contributed by atoms with van der Waals surface area (Å²) in [7, 11) is 0. The predicted octanol–water partition coefficient (Wildman–Crippen LogP) is 14.1. The van der Waals surface area contributed by atoms with Crippen LogP contribution in [0.5, 0.6) is 0 Å². The Morgan fingerprint density at radius 3 is 1.21 bits per heavy atom. The van der Waals surface area contributed by atoms with Gasteiger partial charge in [-0.05, 0) is 0 Å². The summed E-state index contributed by atoms with van der Waals surface area (Å²) in [6.45, 7) is 4.26. The van der Waals surface area contributed by atoms with Crippen molar-refractivity contribution < 1.29 is 8.83 Å². The van der Waals surface area contributed by atoms with E-state index in [-0.39, 0.29) is 14.5 Å². The number of rotatable bonds is 4. The molecule has 0 fully saturated rings. The third-order valence-electron chi connectivity index (χ3n) is 11.2. The van der Waals surface area contributed by atoms with Gasteiger partial charge in [0.25, 0.3) is 0 Å². The van der Waals surface area contributed by atoms with Crippen molar-refractivity contribution in [3.63, 3.8) is 0 Å². The van der Waals surface area contributed by atoms with E-state index in [1.54, 1.807) is 0 Å². The van der Waals surface area contributed by atoms with Gasteiger partial charge in [0.2, 0.25) is 0 Å². The summed E-state index contributed by atoms with van der Waals surface area (Å²) in [4.78, 5) is 0. The van der Waals surface area contributed by atoms with Crippen LogP contribution in [0.2, 0.25) is 0 Å². The van der Waals surface area contributed by atoms with Crippen molar-refractivity contribution in [2.24, 2.45) is 0 Å². The quantitative estimate of drug-likeness (QED) is 0.133. The molecule has 11 rings (SSSR count). The predicted molar refractivity (Wildman–Crippen MR) is 224 cm³/mol. The first-order chi connectivity index (χ1) is 26.2. The summed E-state index contributed by atoms with van der Waals surface area (Å²) in [5.41, 5.74) is 12.2.